The van der Waals surface area contributed by atoms with Gasteiger partial charge in [-0.3, -0.25) is 0 Å². The number of aromatic carboxylic acids is 1. The van der Waals surface area contributed by atoms with Gasteiger partial charge in [-0.2, -0.15) is 0 Å². The van der Waals surface area contributed by atoms with Crippen LogP contribution in [0.4, 0.5) is 0 Å². The van der Waals surface area contributed by atoms with Gasteiger partial charge in [0.2, 0.25) is 0 Å². The van der Waals surface area contributed by atoms with Crippen LogP contribution in [0, 0.1) is 0 Å². The Morgan fingerprint density at radius 2 is 2.00 bits per heavy atom. The highest BCUT2D eigenvalue weighted by atomic mass is 16.5. The molecule has 0 saturated heterocycles. The van der Waals surface area contributed by atoms with Crippen molar-refractivity contribution in [3.05, 3.63) is 60.2 Å². The van der Waals surface area contributed by atoms with Crippen LogP contribution < -0.4 is 4.74 Å². The summed E-state index contributed by atoms with van der Waals surface area (Å²) in [5.74, 6) is 0.0827. The van der Waals surface area contributed by atoms with E-state index in [9.17, 15) is 9.90 Å². The van der Waals surface area contributed by atoms with Crippen LogP contribution in [-0.4, -0.2) is 20.6 Å². The van der Waals surface area contributed by atoms with Crippen LogP contribution in [0.3, 0.4) is 0 Å². The highest BCUT2D eigenvalue weighted by Gasteiger charge is 2.13. The maximum Gasteiger partial charge on any atom is 0.339 e. The predicted octanol–water partition coefficient (Wildman–Crippen LogP) is 2.85. The summed E-state index contributed by atoms with van der Waals surface area (Å²) in [6.45, 7) is 0.224. The molecular formula is C16H14N2O3. The summed E-state index contributed by atoms with van der Waals surface area (Å²) in [5, 5.41) is 11.2. The van der Waals surface area contributed by atoms with Crippen molar-refractivity contribution in [1.82, 2.24) is 9.55 Å². The lowest BCUT2D eigenvalue weighted by molar-refractivity contribution is 0.0692. The molecule has 0 aliphatic heterocycles. The normalized spacial score (nSPS) is 10.7. The zero-order valence-electron chi connectivity index (χ0n) is 11.5. The first-order valence-corrected chi connectivity index (χ1v) is 6.50. The summed E-state index contributed by atoms with van der Waals surface area (Å²) < 4.78 is 7.50. The summed E-state index contributed by atoms with van der Waals surface area (Å²) >= 11 is 0. The Labute approximate surface area is 121 Å². The lowest BCUT2D eigenvalue weighted by Crippen LogP contribution is -2.06. The van der Waals surface area contributed by atoms with Crippen LogP contribution in [-0.2, 0) is 13.7 Å². The molecule has 5 nitrogen and oxygen atoms in total. The van der Waals surface area contributed by atoms with Crippen LogP contribution >= 0.6 is 0 Å². The Kier molecular flexibility index (Phi) is 3.31. The van der Waals surface area contributed by atoms with Gasteiger partial charge in [0.05, 0.1) is 0 Å². The van der Waals surface area contributed by atoms with E-state index in [1.807, 2.05) is 42.1 Å². The summed E-state index contributed by atoms with van der Waals surface area (Å²) in [7, 11) is 1.87. The second kappa shape index (κ2) is 5.28. The minimum Gasteiger partial charge on any atom is -0.485 e. The van der Waals surface area contributed by atoms with Crippen LogP contribution in [0.2, 0.25) is 0 Å². The molecule has 1 aromatic heterocycles. The molecule has 2 aromatic carbocycles. The van der Waals surface area contributed by atoms with Crippen molar-refractivity contribution >= 4 is 16.7 Å². The summed E-state index contributed by atoms with van der Waals surface area (Å²) in [6.07, 6.45) is 3.49. The third-order valence-corrected chi connectivity index (χ3v) is 3.36. The second-order valence-electron chi connectivity index (χ2n) is 4.74. The molecule has 5 heteroatoms. The van der Waals surface area contributed by atoms with Crippen molar-refractivity contribution < 1.29 is 14.6 Å². The molecule has 106 valence electrons. The molecule has 3 aromatic rings. The predicted molar refractivity (Wildman–Crippen MR) is 78.4 cm³/mol. The molecule has 0 fully saturated rings. The van der Waals surface area contributed by atoms with Gasteiger partial charge in [-0.15, -0.1) is 0 Å². The van der Waals surface area contributed by atoms with E-state index in [1.54, 1.807) is 18.3 Å². The maximum atomic E-state index is 11.4. The molecule has 0 aliphatic carbocycles. The third kappa shape index (κ3) is 2.58. The molecule has 1 heterocycles. The Morgan fingerprint density at radius 1 is 1.29 bits per heavy atom. The van der Waals surface area contributed by atoms with Crippen molar-refractivity contribution in [3.63, 3.8) is 0 Å². The average Bonchev–Trinajstić information content (AvgIpc) is 2.89. The third-order valence-electron chi connectivity index (χ3n) is 3.36. The molecule has 0 spiro atoms. The van der Waals surface area contributed by atoms with Crippen LogP contribution in [0.25, 0.3) is 10.8 Å². The second-order valence-corrected chi connectivity index (χ2v) is 4.74. The number of hydrogen-bond donors (Lipinski definition) is 1. The Hall–Kier alpha value is -2.82. The quantitative estimate of drug-likeness (QED) is 0.799. The van der Waals surface area contributed by atoms with Gasteiger partial charge in [0.25, 0.3) is 0 Å². The van der Waals surface area contributed by atoms with E-state index < -0.39 is 5.97 Å². The number of nitrogens with zero attached hydrogens (tertiary/aromatic N) is 2. The number of rotatable bonds is 4. The van der Waals surface area contributed by atoms with Crippen LogP contribution in [0.15, 0.2) is 48.8 Å². The number of carboxylic acid groups (broad SMARTS) is 1. The zero-order chi connectivity index (χ0) is 14.8. The summed E-state index contributed by atoms with van der Waals surface area (Å²) in [5.41, 5.74) is 0.155. The smallest absolute Gasteiger partial charge is 0.339 e. The van der Waals surface area contributed by atoms with E-state index in [0.717, 1.165) is 16.6 Å². The van der Waals surface area contributed by atoms with Crippen molar-refractivity contribution in [2.75, 3.05) is 0 Å². The number of ether oxygens (including phenoxy) is 1. The molecule has 0 saturated carbocycles. The molecule has 0 unspecified atom stereocenters. The van der Waals surface area contributed by atoms with E-state index in [-0.39, 0.29) is 12.2 Å². The summed E-state index contributed by atoms with van der Waals surface area (Å²) in [4.78, 5) is 15.6. The Bertz CT molecular complexity index is 808. The number of aromatic nitrogens is 2. The number of hydrogen-bond acceptors (Lipinski definition) is 3. The number of benzene rings is 2. The fraction of sp³-hybridized carbons (Fsp3) is 0.125. The molecule has 3 rings (SSSR count). The molecule has 0 bridgehead atoms. The van der Waals surface area contributed by atoms with Gasteiger partial charge < -0.3 is 14.4 Å². The highest BCUT2D eigenvalue weighted by molar-refractivity contribution is 5.97. The fourth-order valence-corrected chi connectivity index (χ4v) is 2.18. The molecule has 21 heavy (non-hydrogen) atoms. The first kappa shape index (κ1) is 13.2. The standard InChI is InChI=1S/C16H14N2O3/c1-18-7-6-17-15(18)10-21-14-9-12-5-3-2-4-11(12)8-13(14)16(19)20/h2-9H,10H2,1H3,(H,19,20). The highest BCUT2D eigenvalue weighted by Crippen LogP contribution is 2.26. The number of aryl methyl sites for hydroxylation is 1. The van der Waals surface area contributed by atoms with Crippen molar-refractivity contribution in [2.45, 2.75) is 6.61 Å². The average molecular weight is 282 g/mol. The number of carbonyl (C=O) groups is 1. The van der Waals surface area contributed by atoms with Gasteiger partial charge in [0, 0.05) is 19.4 Å². The number of fused-ring (bicyclic) bond motifs is 1. The summed E-state index contributed by atoms with van der Waals surface area (Å²) in [6, 6.07) is 11.0. The molecular weight excluding hydrogens is 268 g/mol. The van der Waals surface area contributed by atoms with E-state index in [2.05, 4.69) is 4.98 Å². The molecule has 0 radical (unpaired) electrons. The molecule has 1 N–H and O–H groups in total. The van der Waals surface area contributed by atoms with Gasteiger partial charge in [-0.05, 0) is 22.9 Å². The molecule has 0 aliphatic rings. The Morgan fingerprint density at radius 3 is 2.62 bits per heavy atom. The van der Waals surface area contributed by atoms with E-state index in [1.165, 1.54) is 0 Å². The molecule has 0 amide bonds. The lowest BCUT2D eigenvalue weighted by Gasteiger charge is -2.10. The first-order valence-electron chi connectivity index (χ1n) is 6.50. The van der Waals surface area contributed by atoms with Crippen LogP contribution in [0.1, 0.15) is 16.2 Å². The zero-order valence-corrected chi connectivity index (χ0v) is 11.5. The van der Waals surface area contributed by atoms with Gasteiger partial charge in [-0.1, -0.05) is 24.3 Å². The van der Waals surface area contributed by atoms with Crippen LogP contribution in [0.5, 0.6) is 5.75 Å². The number of carboxylic acids is 1. The van der Waals surface area contributed by atoms with Crippen molar-refractivity contribution in [2.24, 2.45) is 7.05 Å². The molecule has 0 atom stereocenters. The van der Waals surface area contributed by atoms with Gasteiger partial charge >= 0.3 is 5.97 Å². The van der Waals surface area contributed by atoms with E-state index in [4.69, 9.17) is 4.74 Å². The number of imidazole rings is 1. The monoisotopic (exact) mass is 282 g/mol. The fourth-order valence-electron chi connectivity index (χ4n) is 2.18. The first-order chi connectivity index (χ1) is 10.1. The van der Waals surface area contributed by atoms with Crippen molar-refractivity contribution in [3.8, 4) is 5.75 Å². The lowest BCUT2D eigenvalue weighted by atomic mass is 10.1. The van der Waals surface area contributed by atoms with Gasteiger partial charge in [-0.25, -0.2) is 9.78 Å². The largest absolute Gasteiger partial charge is 0.485 e. The minimum absolute atomic E-state index is 0.155. The topological polar surface area (TPSA) is 64.4 Å². The van der Waals surface area contributed by atoms with Gasteiger partial charge in [0.15, 0.2) is 0 Å². The van der Waals surface area contributed by atoms with Gasteiger partial charge in [0.1, 0.15) is 23.7 Å². The van der Waals surface area contributed by atoms with E-state index in [0.29, 0.717) is 5.75 Å². The SMILES string of the molecule is Cn1ccnc1COc1cc2ccccc2cc1C(=O)O. The minimum atomic E-state index is -1.00. The Balaban J connectivity index is 1.97. The van der Waals surface area contributed by atoms with Crippen molar-refractivity contribution in [1.29, 1.82) is 0 Å². The van der Waals surface area contributed by atoms with E-state index >= 15 is 0 Å². The maximum absolute atomic E-state index is 11.4.